The van der Waals surface area contributed by atoms with E-state index in [0.29, 0.717) is 0 Å². The average Bonchev–Trinajstić information content (AvgIpc) is 3.15. The van der Waals surface area contributed by atoms with Crippen LogP contribution in [-0.2, 0) is 38.5 Å². The number of benzene rings is 1. The highest BCUT2D eigenvalue weighted by molar-refractivity contribution is 5.73. The summed E-state index contributed by atoms with van der Waals surface area (Å²) in [5.41, 5.74) is 5.91. The number of carbonyl (C=O) groups is 1. The summed E-state index contributed by atoms with van der Waals surface area (Å²) in [7, 11) is 4.03. The van der Waals surface area contributed by atoms with Gasteiger partial charge in [-0.05, 0) is 23.8 Å². The molecule has 0 fully saturated rings. The van der Waals surface area contributed by atoms with Crippen LogP contribution in [-0.4, -0.2) is 36.5 Å². The molecule has 4 rings (SSSR count). The number of hydrogen-bond acceptors (Lipinski definition) is 3. The summed E-state index contributed by atoms with van der Waals surface area (Å²) < 4.78 is 48.9. The number of carboxylic acid groups (broad SMARTS) is 1. The molecule has 0 saturated heterocycles. The van der Waals surface area contributed by atoms with Crippen LogP contribution in [0, 0.1) is 5.82 Å². The van der Waals surface area contributed by atoms with Crippen molar-refractivity contribution < 1.29 is 27.5 Å². The molecule has 10 heteroatoms. The van der Waals surface area contributed by atoms with Crippen LogP contribution in [0.1, 0.15) is 16.8 Å². The Bertz CT molecular complexity index is 1040. The fourth-order valence-corrected chi connectivity index (χ4v) is 3.32. The number of aryl methyl sites for hydroxylation is 2. The summed E-state index contributed by atoms with van der Waals surface area (Å²) in [6, 6.07) is 8.91. The van der Waals surface area contributed by atoms with Gasteiger partial charge in [0.2, 0.25) is 0 Å². The van der Waals surface area contributed by atoms with Gasteiger partial charge < -0.3 is 9.67 Å². The first-order valence-corrected chi connectivity index (χ1v) is 8.98. The third kappa shape index (κ3) is 4.88. The van der Waals surface area contributed by atoms with Crippen LogP contribution >= 0.6 is 0 Å². The van der Waals surface area contributed by atoms with E-state index >= 15 is 0 Å². The summed E-state index contributed by atoms with van der Waals surface area (Å²) >= 11 is 0. The summed E-state index contributed by atoms with van der Waals surface area (Å²) in [5.74, 6) is -2.95. The van der Waals surface area contributed by atoms with Crippen LogP contribution in [0.3, 0.4) is 0 Å². The van der Waals surface area contributed by atoms with Gasteiger partial charge in [-0.25, -0.2) is 9.18 Å². The molecule has 1 aromatic carbocycles. The monoisotopic (exact) mass is 424 g/mol. The van der Waals surface area contributed by atoms with Crippen LogP contribution in [0.4, 0.5) is 17.6 Å². The number of alkyl halides is 3. The van der Waals surface area contributed by atoms with E-state index in [1.165, 1.54) is 29.0 Å². The lowest BCUT2D eigenvalue weighted by Gasteiger charge is -2.21. The Labute approximate surface area is 170 Å². The molecule has 0 unspecified atom stereocenters. The number of nitrogens with zero attached hydrogens (tertiary/aromatic N) is 4. The van der Waals surface area contributed by atoms with Crippen LogP contribution in [0.5, 0.6) is 0 Å². The van der Waals surface area contributed by atoms with Gasteiger partial charge in [0.25, 0.3) is 0 Å². The molecule has 0 aliphatic carbocycles. The number of halogens is 4. The van der Waals surface area contributed by atoms with Crippen molar-refractivity contribution in [1.82, 2.24) is 19.2 Å². The molecule has 0 bridgehead atoms. The summed E-state index contributed by atoms with van der Waals surface area (Å²) in [6.45, 7) is 2.49. The van der Waals surface area contributed by atoms with E-state index in [2.05, 4.69) is 40.1 Å². The lowest BCUT2D eigenvalue weighted by Crippen LogP contribution is -2.22. The lowest BCUT2D eigenvalue weighted by atomic mass is 10.1. The van der Waals surface area contributed by atoms with Crippen LogP contribution in [0.2, 0.25) is 0 Å². The number of fused-ring (bicyclic) bond motifs is 3. The molecule has 0 atom stereocenters. The quantitative estimate of drug-likeness (QED) is 0.637. The molecule has 30 heavy (non-hydrogen) atoms. The Balaban J connectivity index is 0.000000318. The molecule has 3 aromatic rings. The normalized spacial score (nSPS) is 13.7. The molecule has 2 aromatic heterocycles. The highest BCUT2D eigenvalue weighted by atomic mass is 19.4. The van der Waals surface area contributed by atoms with E-state index in [1.807, 2.05) is 23.9 Å². The largest absolute Gasteiger partial charge is 0.490 e. The SMILES string of the molecule is Cn1cc2c(n1)-c1ccn(C)c1CN(Cc1ccc(F)cc1)C2.O=C(O)C(F)(F)F. The van der Waals surface area contributed by atoms with Gasteiger partial charge in [0.15, 0.2) is 0 Å². The Kier molecular flexibility index (Phi) is 5.97. The topological polar surface area (TPSA) is 63.3 Å². The van der Waals surface area contributed by atoms with Gasteiger partial charge in [0, 0.05) is 62.9 Å². The Morgan fingerprint density at radius 3 is 2.37 bits per heavy atom. The second-order valence-electron chi connectivity index (χ2n) is 7.04. The maximum atomic E-state index is 13.1. The van der Waals surface area contributed by atoms with Gasteiger partial charge in [-0.3, -0.25) is 9.58 Å². The van der Waals surface area contributed by atoms with E-state index in [4.69, 9.17) is 9.90 Å². The molecule has 1 aliphatic heterocycles. The number of aliphatic carboxylic acids is 1. The molecular weight excluding hydrogens is 404 g/mol. The molecule has 6 nitrogen and oxygen atoms in total. The predicted molar refractivity (Wildman–Crippen MR) is 101 cm³/mol. The first-order valence-electron chi connectivity index (χ1n) is 8.98. The zero-order valence-corrected chi connectivity index (χ0v) is 16.3. The van der Waals surface area contributed by atoms with E-state index in [-0.39, 0.29) is 5.82 Å². The van der Waals surface area contributed by atoms with Crippen molar-refractivity contribution in [1.29, 1.82) is 0 Å². The minimum Gasteiger partial charge on any atom is -0.475 e. The fraction of sp³-hybridized carbons (Fsp3) is 0.300. The van der Waals surface area contributed by atoms with E-state index < -0.39 is 12.1 Å². The molecular formula is C20H20F4N4O2. The van der Waals surface area contributed by atoms with E-state index in [9.17, 15) is 17.6 Å². The van der Waals surface area contributed by atoms with Gasteiger partial charge in [-0.15, -0.1) is 0 Å². The second kappa shape index (κ2) is 8.31. The summed E-state index contributed by atoms with van der Waals surface area (Å²) in [6.07, 6.45) is -0.903. The number of aromatic nitrogens is 3. The van der Waals surface area contributed by atoms with Crippen LogP contribution < -0.4 is 0 Å². The van der Waals surface area contributed by atoms with Crippen molar-refractivity contribution in [2.24, 2.45) is 14.1 Å². The molecule has 3 heterocycles. The van der Waals surface area contributed by atoms with Gasteiger partial charge in [-0.1, -0.05) is 12.1 Å². The highest BCUT2D eigenvalue weighted by Gasteiger charge is 2.38. The molecule has 1 aliphatic rings. The number of hydrogen-bond donors (Lipinski definition) is 1. The first-order chi connectivity index (χ1) is 14.0. The zero-order valence-electron chi connectivity index (χ0n) is 16.3. The van der Waals surface area contributed by atoms with Crippen molar-refractivity contribution in [2.75, 3.05) is 0 Å². The van der Waals surface area contributed by atoms with Crippen molar-refractivity contribution in [3.8, 4) is 11.3 Å². The maximum Gasteiger partial charge on any atom is 0.490 e. The van der Waals surface area contributed by atoms with Crippen LogP contribution in [0.25, 0.3) is 11.3 Å². The van der Waals surface area contributed by atoms with Crippen LogP contribution in [0.15, 0.2) is 42.7 Å². The summed E-state index contributed by atoms with van der Waals surface area (Å²) in [4.78, 5) is 11.3. The van der Waals surface area contributed by atoms with Crippen molar-refractivity contribution >= 4 is 5.97 Å². The van der Waals surface area contributed by atoms with E-state index in [0.717, 1.165) is 30.9 Å². The molecule has 160 valence electrons. The van der Waals surface area contributed by atoms with Gasteiger partial charge in [-0.2, -0.15) is 18.3 Å². The van der Waals surface area contributed by atoms with Crippen molar-refractivity contribution in [3.63, 3.8) is 0 Å². The molecule has 0 amide bonds. The van der Waals surface area contributed by atoms with Crippen molar-refractivity contribution in [2.45, 2.75) is 25.8 Å². The predicted octanol–water partition coefficient (Wildman–Crippen LogP) is 3.71. The Morgan fingerprint density at radius 1 is 1.13 bits per heavy atom. The Hall–Kier alpha value is -3.14. The molecule has 0 saturated carbocycles. The third-order valence-electron chi connectivity index (χ3n) is 4.69. The third-order valence-corrected chi connectivity index (χ3v) is 4.69. The lowest BCUT2D eigenvalue weighted by molar-refractivity contribution is -0.192. The average molecular weight is 424 g/mol. The summed E-state index contributed by atoms with van der Waals surface area (Å²) in [5, 5.41) is 11.8. The highest BCUT2D eigenvalue weighted by Crippen LogP contribution is 2.32. The van der Waals surface area contributed by atoms with Gasteiger partial charge in [0.1, 0.15) is 5.82 Å². The standard InChI is InChI=1S/C18H19FN4.C2HF3O2/c1-21-8-7-16-17(21)12-23(9-13-3-5-15(19)6-4-13)11-14-10-22(2)20-18(14)16;3-2(4,5)1(6)7/h3-8,10H,9,11-12H2,1-2H3;(H,6,7). The maximum absolute atomic E-state index is 13.1. The fourth-order valence-electron chi connectivity index (χ4n) is 3.32. The zero-order chi connectivity index (χ0) is 22.1. The molecule has 0 radical (unpaired) electrons. The second-order valence-corrected chi connectivity index (χ2v) is 7.04. The number of rotatable bonds is 2. The van der Waals surface area contributed by atoms with Gasteiger partial charge in [0.05, 0.1) is 5.69 Å². The smallest absolute Gasteiger partial charge is 0.475 e. The van der Waals surface area contributed by atoms with Gasteiger partial charge >= 0.3 is 12.1 Å². The van der Waals surface area contributed by atoms with Crippen molar-refractivity contribution in [3.05, 3.63) is 65.4 Å². The molecule has 0 spiro atoms. The number of carboxylic acids is 1. The first kappa shape index (κ1) is 21.6. The van der Waals surface area contributed by atoms with E-state index in [1.54, 1.807) is 0 Å². The molecule has 1 N–H and O–H groups in total. The Morgan fingerprint density at radius 2 is 1.77 bits per heavy atom. The minimum absolute atomic E-state index is 0.191. The minimum atomic E-state index is -5.08.